The number of aryl methyl sites for hydroxylation is 1. The van der Waals surface area contributed by atoms with Crippen LogP contribution in [-0.4, -0.2) is 19.7 Å². The lowest BCUT2D eigenvalue weighted by Gasteiger charge is -2.11. The molecule has 0 saturated heterocycles. The van der Waals surface area contributed by atoms with Crippen LogP contribution in [0.25, 0.3) is 0 Å². The molecule has 0 aliphatic carbocycles. The number of nitrogens with two attached hydrogens (primary N) is 1. The molecule has 0 fully saturated rings. The Balaban J connectivity index is 2.93. The number of anilines is 1. The van der Waals surface area contributed by atoms with Crippen LogP contribution in [0.4, 0.5) is 5.69 Å². The van der Waals surface area contributed by atoms with E-state index in [4.69, 9.17) is 10.5 Å². The molecule has 0 bridgehead atoms. The highest BCUT2D eigenvalue weighted by molar-refractivity contribution is 5.96. The fourth-order valence-electron chi connectivity index (χ4n) is 1.46. The Kier molecular flexibility index (Phi) is 4.82. The van der Waals surface area contributed by atoms with Gasteiger partial charge >= 0.3 is 5.97 Å². The van der Waals surface area contributed by atoms with Gasteiger partial charge in [0, 0.05) is 5.69 Å². The van der Waals surface area contributed by atoms with Crippen molar-refractivity contribution in [3.05, 3.63) is 23.3 Å². The van der Waals surface area contributed by atoms with Gasteiger partial charge in [0.15, 0.2) is 0 Å². The molecule has 1 aromatic rings. The summed E-state index contributed by atoms with van der Waals surface area (Å²) in [5, 5.41) is 0. The number of carbonyl (C=O) groups is 1. The number of benzene rings is 1. The standard InChI is InChI=1S/C13H19NO3/c1-4-5-6-17-10-7-9(2)12(14)11(8-10)13(15)16-3/h7-8H,4-6,14H2,1-3H3. The summed E-state index contributed by atoms with van der Waals surface area (Å²) >= 11 is 0. The van der Waals surface area contributed by atoms with E-state index in [1.54, 1.807) is 6.07 Å². The molecular formula is C13H19NO3. The summed E-state index contributed by atoms with van der Waals surface area (Å²) in [5.41, 5.74) is 7.45. The van der Waals surface area contributed by atoms with Crippen molar-refractivity contribution in [1.82, 2.24) is 0 Å². The van der Waals surface area contributed by atoms with Gasteiger partial charge in [0.1, 0.15) is 5.75 Å². The van der Waals surface area contributed by atoms with E-state index >= 15 is 0 Å². The van der Waals surface area contributed by atoms with E-state index in [1.807, 2.05) is 13.0 Å². The lowest BCUT2D eigenvalue weighted by Crippen LogP contribution is -2.08. The lowest BCUT2D eigenvalue weighted by molar-refractivity contribution is 0.0601. The van der Waals surface area contributed by atoms with E-state index in [0.29, 0.717) is 23.6 Å². The van der Waals surface area contributed by atoms with Crippen LogP contribution >= 0.6 is 0 Å². The van der Waals surface area contributed by atoms with Gasteiger partial charge in [-0.2, -0.15) is 0 Å². The van der Waals surface area contributed by atoms with Crippen LogP contribution in [0.3, 0.4) is 0 Å². The van der Waals surface area contributed by atoms with Crippen LogP contribution in [0.5, 0.6) is 5.75 Å². The highest BCUT2D eigenvalue weighted by atomic mass is 16.5. The first-order valence-electron chi connectivity index (χ1n) is 5.71. The van der Waals surface area contributed by atoms with Crippen LogP contribution < -0.4 is 10.5 Å². The Labute approximate surface area is 102 Å². The zero-order valence-corrected chi connectivity index (χ0v) is 10.6. The molecule has 17 heavy (non-hydrogen) atoms. The highest BCUT2D eigenvalue weighted by Crippen LogP contribution is 2.25. The van der Waals surface area contributed by atoms with Gasteiger partial charge in [0.05, 0.1) is 19.3 Å². The van der Waals surface area contributed by atoms with Crippen molar-refractivity contribution in [3.63, 3.8) is 0 Å². The molecule has 4 heteroatoms. The summed E-state index contributed by atoms with van der Waals surface area (Å²) in [4.78, 5) is 11.5. The van der Waals surface area contributed by atoms with E-state index in [1.165, 1.54) is 7.11 Å². The second kappa shape index (κ2) is 6.13. The number of unbranched alkanes of at least 4 members (excludes halogenated alkanes) is 1. The number of nitrogen functional groups attached to an aromatic ring is 1. The number of hydrogen-bond donors (Lipinski definition) is 1. The third-order valence-corrected chi connectivity index (χ3v) is 2.53. The zero-order chi connectivity index (χ0) is 12.8. The van der Waals surface area contributed by atoms with E-state index < -0.39 is 5.97 Å². The van der Waals surface area contributed by atoms with Crippen molar-refractivity contribution >= 4 is 11.7 Å². The first-order chi connectivity index (χ1) is 8.10. The van der Waals surface area contributed by atoms with E-state index in [2.05, 4.69) is 11.7 Å². The van der Waals surface area contributed by atoms with Gasteiger partial charge in [-0.15, -0.1) is 0 Å². The average molecular weight is 237 g/mol. The minimum absolute atomic E-state index is 0.360. The monoisotopic (exact) mass is 237 g/mol. The Morgan fingerprint density at radius 1 is 1.41 bits per heavy atom. The van der Waals surface area contributed by atoms with Gasteiger partial charge in [-0.05, 0) is 31.0 Å². The maximum Gasteiger partial charge on any atom is 0.340 e. The van der Waals surface area contributed by atoms with Crippen LogP contribution in [0.2, 0.25) is 0 Å². The molecular weight excluding hydrogens is 218 g/mol. The lowest BCUT2D eigenvalue weighted by atomic mass is 10.1. The molecule has 0 heterocycles. The van der Waals surface area contributed by atoms with Crippen molar-refractivity contribution in [3.8, 4) is 5.75 Å². The number of ether oxygens (including phenoxy) is 2. The van der Waals surface area contributed by atoms with Crippen LogP contribution in [0, 0.1) is 6.92 Å². The normalized spacial score (nSPS) is 10.1. The molecule has 0 amide bonds. The second-order valence-corrected chi connectivity index (χ2v) is 3.90. The molecule has 0 saturated carbocycles. The summed E-state index contributed by atoms with van der Waals surface area (Å²) in [7, 11) is 1.34. The van der Waals surface area contributed by atoms with E-state index in [9.17, 15) is 4.79 Å². The Bertz CT molecular complexity index is 402. The minimum atomic E-state index is -0.438. The largest absolute Gasteiger partial charge is 0.494 e. The van der Waals surface area contributed by atoms with Gasteiger partial charge in [0.25, 0.3) is 0 Å². The molecule has 2 N–H and O–H groups in total. The maximum absolute atomic E-state index is 11.5. The molecule has 4 nitrogen and oxygen atoms in total. The molecule has 0 spiro atoms. The predicted octanol–water partition coefficient (Wildman–Crippen LogP) is 2.54. The third-order valence-electron chi connectivity index (χ3n) is 2.53. The van der Waals surface area contributed by atoms with Gasteiger partial charge in [0.2, 0.25) is 0 Å². The zero-order valence-electron chi connectivity index (χ0n) is 10.6. The van der Waals surface area contributed by atoms with Crippen molar-refractivity contribution in [1.29, 1.82) is 0 Å². The number of carbonyl (C=O) groups excluding carboxylic acids is 1. The number of hydrogen-bond acceptors (Lipinski definition) is 4. The summed E-state index contributed by atoms with van der Waals surface area (Å²) in [6.45, 7) is 4.58. The van der Waals surface area contributed by atoms with Crippen LogP contribution in [-0.2, 0) is 4.74 Å². The molecule has 0 unspecified atom stereocenters. The minimum Gasteiger partial charge on any atom is -0.494 e. The van der Waals surface area contributed by atoms with Crippen LogP contribution in [0.1, 0.15) is 35.7 Å². The number of esters is 1. The van der Waals surface area contributed by atoms with Crippen molar-refractivity contribution in [2.24, 2.45) is 0 Å². The fourth-order valence-corrected chi connectivity index (χ4v) is 1.46. The van der Waals surface area contributed by atoms with Crippen molar-refractivity contribution in [2.75, 3.05) is 19.5 Å². The molecule has 0 radical (unpaired) electrons. The van der Waals surface area contributed by atoms with Gasteiger partial charge < -0.3 is 15.2 Å². The molecule has 0 atom stereocenters. The fraction of sp³-hybridized carbons (Fsp3) is 0.462. The third kappa shape index (κ3) is 3.37. The molecule has 0 aromatic heterocycles. The predicted molar refractivity (Wildman–Crippen MR) is 67.3 cm³/mol. The topological polar surface area (TPSA) is 61.5 Å². The molecule has 0 aliphatic heterocycles. The quantitative estimate of drug-likeness (QED) is 0.485. The maximum atomic E-state index is 11.5. The summed E-state index contributed by atoms with van der Waals surface area (Å²) in [6, 6.07) is 3.46. The Hall–Kier alpha value is -1.71. The van der Waals surface area contributed by atoms with E-state index in [-0.39, 0.29) is 0 Å². The summed E-state index contributed by atoms with van der Waals surface area (Å²) in [5.74, 6) is 0.220. The summed E-state index contributed by atoms with van der Waals surface area (Å²) < 4.78 is 10.2. The SMILES string of the molecule is CCCCOc1cc(C)c(N)c(C(=O)OC)c1. The highest BCUT2D eigenvalue weighted by Gasteiger charge is 2.13. The van der Waals surface area contributed by atoms with Crippen LogP contribution in [0.15, 0.2) is 12.1 Å². The van der Waals surface area contributed by atoms with E-state index in [0.717, 1.165) is 18.4 Å². The van der Waals surface area contributed by atoms with Gasteiger partial charge in [-0.1, -0.05) is 13.3 Å². The smallest absolute Gasteiger partial charge is 0.340 e. The molecule has 1 rings (SSSR count). The van der Waals surface area contributed by atoms with Crippen molar-refractivity contribution in [2.45, 2.75) is 26.7 Å². The number of methoxy groups -OCH3 is 1. The van der Waals surface area contributed by atoms with Gasteiger partial charge in [-0.25, -0.2) is 4.79 Å². The first kappa shape index (κ1) is 13.4. The first-order valence-corrected chi connectivity index (χ1v) is 5.71. The average Bonchev–Trinajstić information content (AvgIpc) is 2.32. The molecule has 1 aromatic carbocycles. The Morgan fingerprint density at radius 3 is 2.71 bits per heavy atom. The second-order valence-electron chi connectivity index (χ2n) is 3.90. The van der Waals surface area contributed by atoms with Gasteiger partial charge in [-0.3, -0.25) is 0 Å². The summed E-state index contributed by atoms with van der Waals surface area (Å²) in [6.07, 6.45) is 2.05. The Morgan fingerprint density at radius 2 is 2.12 bits per heavy atom. The molecule has 94 valence electrons. The van der Waals surface area contributed by atoms with Crippen molar-refractivity contribution < 1.29 is 14.3 Å². The number of rotatable bonds is 5. The molecule has 0 aliphatic rings.